The fraction of sp³-hybridized carbons (Fsp3) is 0.840. The molecule has 3 fully saturated rings. The maximum absolute atomic E-state index is 12.0. The van der Waals surface area contributed by atoms with Gasteiger partial charge in [0, 0.05) is 17.4 Å². The van der Waals surface area contributed by atoms with Crippen LogP contribution in [0.1, 0.15) is 64.7 Å². The highest BCUT2D eigenvalue weighted by Gasteiger charge is 2.52. The van der Waals surface area contributed by atoms with Crippen LogP contribution in [0.4, 0.5) is 0 Å². The molecule has 7 heteroatoms. The molecule has 4 aliphatic carbocycles. The lowest BCUT2D eigenvalue weighted by Gasteiger charge is -2.42. The molecule has 4 rings (SSSR count). The molecule has 4 bridgehead atoms. The number of thiol groups is 2. The smallest absolute Gasteiger partial charge is 0.100 e. The summed E-state index contributed by atoms with van der Waals surface area (Å²) in [5, 5.41) is 31.6. The van der Waals surface area contributed by atoms with Crippen molar-refractivity contribution in [1.29, 1.82) is 0 Å². The average Bonchev–Trinajstić information content (AvgIpc) is 3.21. The van der Waals surface area contributed by atoms with Crippen LogP contribution in [0.2, 0.25) is 0 Å². The van der Waals surface area contributed by atoms with Gasteiger partial charge < -0.3 is 24.8 Å². The molecule has 182 valence electrons. The second-order valence-corrected chi connectivity index (χ2v) is 11.0. The standard InChI is InChI=1S/C25H40O5S2/c1-25(28,15-3-2-4-18(6-5-15)29-11-16(26)13-31)23-19-7-8-20(23)22-10-9-21(19)24(22)30-12-17(27)14-32/h15-18,23-24,26-28,31-32H,2-14H2,1H3. The Labute approximate surface area is 203 Å². The molecule has 0 aliphatic heterocycles. The first-order chi connectivity index (χ1) is 15.4. The van der Waals surface area contributed by atoms with Gasteiger partial charge in [0.15, 0.2) is 0 Å². The molecule has 3 N–H and O–H groups in total. The minimum absolute atomic E-state index is 0.00857. The number of aliphatic hydroxyl groups excluding tert-OH is 2. The quantitative estimate of drug-likeness (QED) is 0.186. The molecule has 5 unspecified atom stereocenters. The molecule has 3 saturated carbocycles. The van der Waals surface area contributed by atoms with E-state index in [-0.39, 0.29) is 24.0 Å². The Morgan fingerprint density at radius 1 is 0.844 bits per heavy atom. The molecule has 0 saturated heterocycles. The summed E-state index contributed by atoms with van der Waals surface area (Å²) in [6.07, 6.45) is 8.14. The van der Waals surface area contributed by atoms with Gasteiger partial charge in [0.25, 0.3) is 0 Å². The molecule has 5 atom stereocenters. The Bertz CT molecular complexity index is 704. The van der Waals surface area contributed by atoms with Crippen molar-refractivity contribution < 1.29 is 24.8 Å². The third-order valence-corrected chi connectivity index (χ3v) is 9.05. The van der Waals surface area contributed by atoms with E-state index in [1.807, 2.05) is 0 Å². The Morgan fingerprint density at radius 3 is 2.00 bits per heavy atom. The molecule has 0 amide bonds. The van der Waals surface area contributed by atoms with Gasteiger partial charge in [0.05, 0.1) is 37.1 Å². The van der Waals surface area contributed by atoms with Crippen molar-refractivity contribution in [1.82, 2.24) is 0 Å². The summed E-state index contributed by atoms with van der Waals surface area (Å²) in [6, 6.07) is 0. The van der Waals surface area contributed by atoms with Crippen molar-refractivity contribution >= 4 is 25.3 Å². The van der Waals surface area contributed by atoms with Crippen LogP contribution < -0.4 is 0 Å². The third-order valence-electron chi connectivity index (χ3n) is 8.21. The SMILES string of the molecule is CC(O)(C1CCCC(OCC(O)CS)CC1)C1C2=C3CCC(=C1CC2)C3OCC(O)CS. The van der Waals surface area contributed by atoms with Gasteiger partial charge in [0.1, 0.15) is 6.10 Å². The zero-order valence-electron chi connectivity index (χ0n) is 19.2. The maximum Gasteiger partial charge on any atom is 0.100 e. The van der Waals surface area contributed by atoms with Gasteiger partial charge in [-0.05, 0) is 75.4 Å². The van der Waals surface area contributed by atoms with Gasteiger partial charge in [-0.25, -0.2) is 0 Å². The highest BCUT2D eigenvalue weighted by molar-refractivity contribution is 7.80. The number of ether oxygens (including phenoxy) is 2. The fourth-order valence-electron chi connectivity index (χ4n) is 6.58. The average molecular weight is 485 g/mol. The van der Waals surface area contributed by atoms with Crippen LogP contribution in [0.15, 0.2) is 22.3 Å². The highest BCUT2D eigenvalue weighted by Crippen LogP contribution is 2.58. The van der Waals surface area contributed by atoms with E-state index >= 15 is 0 Å². The largest absolute Gasteiger partial charge is 0.390 e. The molecule has 5 nitrogen and oxygen atoms in total. The molecular formula is C25H40O5S2. The lowest BCUT2D eigenvalue weighted by Crippen LogP contribution is -2.44. The molecule has 4 aliphatic rings. The van der Waals surface area contributed by atoms with Crippen LogP contribution in [0.25, 0.3) is 0 Å². The molecule has 0 aromatic heterocycles. The Morgan fingerprint density at radius 2 is 1.41 bits per heavy atom. The van der Waals surface area contributed by atoms with E-state index in [0.29, 0.717) is 24.7 Å². The van der Waals surface area contributed by atoms with E-state index in [4.69, 9.17) is 9.47 Å². The minimum atomic E-state index is -0.767. The van der Waals surface area contributed by atoms with Gasteiger partial charge in [-0.2, -0.15) is 25.3 Å². The van der Waals surface area contributed by atoms with Crippen molar-refractivity contribution in [3.63, 3.8) is 0 Å². The summed E-state index contributed by atoms with van der Waals surface area (Å²) in [6.45, 7) is 2.72. The Balaban J connectivity index is 1.45. The lowest BCUT2D eigenvalue weighted by atomic mass is 9.68. The van der Waals surface area contributed by atoms with Crippen molar-refractivity contribution in [2.75, 3.05) is 24.7 Å². The lowest BCUT2D eigenvalue weighted by molar-refractivity contribution is -0.0413. The Kier molecular flexibility index (Phi) is 8.40. The van der Waals surface area contributed by atoms with Crippen molar-refractivity contribution in [3.8, 4) is 0 Å². The number of fused-ring (bicyclic) bond motifs is 4. The van der Waals surface area contributed by atoms with Crippen molar-refractivity contribution in [2.45, 2.75) is 94.7 Å². The zero-order chi connectivity index (χ0) is 22.9. The monoisotopic (exact) mass is 484 g/mol. The predicted octanol–water partition coefficient (Wildman–Crippen LogP) is 3.48. The first-order valence-corrected chi connectivity index (χ1v) is 13.6. The molecule has 0 radical (unpaired) electrons. The minimum Gasteiger partial charge on any atom is -0.390 e. The normalized spacial score (nSPS) is 33.9. The van der Waals surface area contributed by atoms with Crippen LogP contribution in [-0.4, -0.2) is 70.1 Å². The number of rotatable bonds is 10. The van der Waals surface area contributed by atoms with Gasteiger partial charge in [-0.3, -0.25) is 0 Å². The van der Waals surface area contributed by atoms with E-state index in [2.05, 4.69) is 32.2 Å². The molecule has 0 aromatic rings. The third kappa shape index (κ3) is 5.00. The van der Waals surface area contributed by atoms with E-state index in [1.165, 1.54) is 22.3 Å². The summed E-state index contributed by atoms with van der Waals surface area (Å²) in [7, 11) is 0. The molecule has 0 heterocycles. The predicted molar refractivity (Wildman–Crippen MR) is 132 cm³/mol. The summed E-state index contributed by atoms with van der Waals surface area (Å²) in [5.74, 6) is 1.18. The van der Waals surface area contributed by atoms with E-state index < -0.39 is 17.8 Å². The van der Waals surface area contributed by atoms with Crippen molar-refractivity contribution in [2.24, 2.45) is 11.8 Å². The van der Waals surface area contributed by atoms with E-state index in [0.717, 1.165) is 57.8 Å². The highest BCUT2D eigenvalue weighted by atomic mass is 32.1. The van der Waals surface area contributed by atoms with Crippen LogP contribution in [-0.2, 0) is 9.47 Å². The van der Waals surface area contributed by atoms with Crippen LogP contribution in [0.5, 0.6) is 0 Å². The number of hydrogen-bond acceptors (Lipinski definition) is 7. The first kappa shape index (κ1) is 25.1. The second kappa shape index (κ2) is 10.7. The fourth-order valence-corrected chi connectivity index (χ4v) is 6.79. The molecular weight excluding hydrogens is 444 g/mol. The Hall–Kier alpha value is -0.0200. The van der Waals surface area contributed by atoms with E-state index in [1.54, 1.807) is 0 Å². The van der Waals surface area contributed by atoms with Crippen molar-refractivity contribution in [3.05, 3.63) is 22.3 Å². The molecule has 0 aromatic carbocycles. The molecule has 0 spiro atoms. The zero-order valence-corrected chi connectivity index (χ0v) is 21.0. The van der Waals surface area contributed by atoms with Crippen LogP contribution in [0.3, 0.4) is 0 Å². The summed E-state index contributed by atoms with van der Waals surface area (Å²) < 4.78 is 12.1. The van der Waals surface area contributed by atoms with Gasteiger partial charge in [-0.15, -0.1) is 0 Å². The van der Waals surface area contributed by atoms with Gasteiger partial charge in [0.2, 0.25) is 0 Å². The maximum atomic E-state index is 12.0. The van der Waals surface area contributed by atoms with Gasteiger partial charge in [-0.1, -0.05) is 17.6 Å². The first-order valence-electron chi connectivity index (χ1n) is 12.3. The number of hydrogen-bond donors (Lipinski definition) is 5. The van der Waals surface area contributed by atoms with E-state index in [9.17, 15) is 15.3 Å². The summed E-state index contributed by atoms with van der Waals surface area (Å²) in [5.41, 5.74) is 4.79. The summed E-state index contributed by atoms with van der Waals surface area (Å²) in [4.78, 5) is 0. The van der Waals surface area contributed by atoms with Crippen LogP contribution in [0, 0.1) is 11.8 Å². The summed E-state index contributed by atoms with van der Waals surface area (Å²) >= 11 is 8.29. The second-order valence-electron chi connectivity index (χ2n) is 10.3. The van der Waals surface area contributed by atoms with Gasteiger partial charge >= 0.3 is 0 Å². The van der Waals surface area contributed by atoms with Crippen LogP contribution >= 0.6 is 25.3 Å². The topological polar surface area (TPSA) is 79.2 Å². The molecule has 32 heavy (non-hydrogen) atoms. The number of aliphatic hydroxyl groups is 3.